The Morgan fingerprint density at radius 2 is 2.11 bits per heavy atom. The smallest absolute Gasteiger partial charge is 0.119 e. The van der Waals surface area contributed by atoms with Crippen molar-refractivity contribution in [2.45, 2.75) is 44.8 Å². The zero-order valence-corrected chi connectivity index (χ0v) is 11.0. The Bertz CT molecular complexity index is 341. The van der Waals surface area contributed by atoms with Crippen LogP contribution in [0.5, 0.6) is 5.75 Å². The summed E-state index contributed by atoms with van der Waals surface area (Å²) in [6, 6.07) is 7.67. The summed E-state index contributed by atoms with van der Waals surface area (Å²) in [7, 11) is 0. The minimum absolute atomic E-state index is 0.236. The predicted octanol–water partition coefficient (Wildman–Crippen LogP) is 3.08. The fourth-order valence-corrected chi connectivity index (χ4v) is 2.15. The quantitative estimate of drug-likeness (QED) is 0.872. The van der Waals surface area contributed by atoms with Gasteiger partial charge in [0, 0.05) is 6.61 Å². The molecule has 0 bridgehead atoms. The van der Waals surface area contributed by atoms with Crippen LogP contribution in [-0.4, -0.2) is 24.4 Å². The number of aliphatic hydroxyl groups is 1. The first-order chi connectivity index (χ1) is 8.79. The minimum Gasteiger partial charge on any atom is -0.491 e. The molecule has 1 N–H and O–H groups in total. The Hall–Kier alpha value is -1.06. The maximum atomic E-state index is 9.69. The molecule has 0 aromatic heterocycles. The molecule has 1 aliphatic rings. The molecule has 1 aliphatic heterocycles. The van der Waals surface area contributed by atoms with Gasteiger partial charge in [0.15, 0.2) is 0 Å². The van der Waals surface area contributed by atoms with Crippen LogP contribution in [0.1, 0.15) is 44.3 Å². The van der Waals surface area contributed by atoms with Gasteiger partial charge < -0.3 is 14.6 Å². The summed E-state index contributed by atoms with van der Waals surface area (Å²) in [5.74, 6) is 0.844. The van der Waals surface area contributed by atoms with Crippen LogP contribution in [0.25, 0.3) is 0 Å². The zero-order chi connectivity index (χ0) is 12.8. The van der Waals surface area contributed by atoms with Crippen LogP contribution in [0, 0.1) is 0 Å². The van der Waals surface area contributed by atoms with Gasteiger partial charge in [0.25, 0.3) is 0 Å². The third-order valence-electron chi connectivity index (χ3n) is 3.36. The number of hydrogen-bond donors (Lipinski definition) is 1. The van der Waals surface area contributed by atoms with Crippen LogP contribution >= 0.6 is 0 Å². The van der Waals surface area contributed by atoms with Gasteiger partial charge in [-0.2, -0.15) is 0 Å². The van der Waals surface area contributed by atoms with E-state index in [2.05, 4.69) is 0 Å². The van der Waals surface area contributed by atoms with Crippen molar-refractivity contribution in [3.63, 3.8) is 0 Å². The number of hydrogen-bond acceptors (Lipinski definition) is 3. The monoisotopic (exact) mass is 250 g/mol. The molecule has 0 saturated carbocycles. The summed E-state index contributed by atoms with van der Waals surface area (Å²) in [5.41, 5.74) is 0.943. The molecular weight excluding hydrogens is 228 g/mol. The fourth-order valence-electron chi connectivity index (χ4n) is 2.15. The number of ether oxygens (including phenoxy) is 2. The summed E-state index contributed by atoms with van der Waals surface area (Å²) in [4.78, 5) is 0. The molecule has 1 fully saturated rings. The van der Waals surface area contributed by atoms with E-state index in [1.165, 1.54) is 12.8 Å². The lowest BCUT2D eigenvalue weighted by Crippen LogP contribution is -2.25. The van der Waals surface area contributed by atoms with Crippen LogP contribution in [0.3, 0.4) is 0 Å². The molecule has 1 heterocycles. The van der Waals surface area contributed by atoms with E-state index >= 15 is 0 Å². The zero-order valence-electron chi connectivity index (χ0n) is 11.0. The minimum atomic E-state index is -0.374. The van der Waals surface area contributed by atoms with Gasteiger partial charge in [-0.1, -0.05) is 19.1 Å². The molecule has 0 aliphatic carbocycles. The van der Waals surface area contributed by atoms with E-state index in [1.54, 1.807) is 0 Å². The molecule has 3 heteroatoms. The third kappa shape index (κ3) is 3.72. The summed E-state index contributed by atoms with van der Waals surface area (Å²) in [5, 5.41) is 9.69. The van der Waals surface area contributed by atoms with Crippen molar-refractivity contribution in [3.05, 3.63) is 29.8 Å². The van der Waals surface area contributed by atoms with Gasteiger partial charge in [0.1, 0.15) is 12.4 Å². The van der Waals surface area contributed by atoms with Crippen LogP contribution < -0.4 is 4.74 Å². The van der Waals surface area contributed by atoms with Crippen LogP contribution in [0.4, 0.5) is 0 Å². The lowest BCUT2D eigenvalue weighted by molar-refractivity contribution is -0.0110. The van der Waals surface area contributed by atoms with E-state index in [9.17, 15) is 5.11 Å². The molecule has 2 rings (SSSR count). The Kier molecular flexibility index (Phi) is 5.02. The summed E-state index contributed by atoms with van der Waals surface area (Å²) in [6.45, 7) is 3.45. The normalized spacial score (nSPS) is 21.6. The number of rotatable bonds is 5. The van der Waals surface area contributed by atoms with Gasteiger partial charge >= 0.3 is 0 Å². The molecule has 1 saturated heterocycles. The van der Waals surface area contributed by atoms with E-state index in [-0.39, 0.29) is 12.2 Å². The summed E-state index contributed by atoms with van der Waals surface area (Å²) < 4.78 is 11.3. The maximum Gasteiger partial charge on any atom is 0.119 e. The van der Waals surface area contributed by atoms with Crippen molar-refractivity contribution in [2.24, 2.45) is 0 Å². The van der Waals surface area contributed by atoms with Gasteiger partial charge in [-0.25, -0.2) is 0 Å². The van der Waals surface area contributed by atoms with Crippen molar-refractivity contribution in [1.82, 2.24) is 0 Å². The van der Waals surface area contributed by atoms with Crippen molar-refractivity contribution >= 4 is 0 Å². The van der Waals surface area contributed by atoms with Gasteiger partial charge in [-0.3, -0.25) is 0 Å². The Morgan fingerprint density at radius 1 is 1.33 bits per heavy atom. The average Bonchev–Trinajstić information content (AvgIpc) is 2.46. The molecule has 0 amide bonds. The van der Waals surface area contributed by atoms with E-state index in [0.717, 1.165) is 30.8 Å². The predicted molar refractivity (Wildman–Crippen MR) is 70.8 cm³/mol. The highest BCUT2D eigenvalue weighted by Crippen LogP contribution is 2.21. The first-order valence-electron chi connectivity index (χ1n) is 6.82. The second kappa shape index (κ2) is 6.76. The van der Waals surface area contributed by atoms with Crippen molar-refractivity contribution in [2.75, 3.05) is 13.2 Å². The Labute approximate surface area is 109 Å². The van der Waals surface area contributed by atoms with Gasteiger partial charge in [0.05, 0.1) is 12.2 Å². The lowest BCUT2D eigenvalue weighted by atomic mass is 10.1. The molecule has 1 unspecified atom stereocenters. The average molecular weight is 250 g/mol. The second-order valence-corrected chi connectivity index (χ2v) is 4.79. The molecule has 0 radical (unpaired) electrons. The molecule has 2 atom stereocenters. The first-order valence-corrected chi connectivity index (χ1v) is 6.82. The SMILES string of the molecule is CC[C@H](O)c1ccc(OCC2CCCCO2)cc1. The van der Waals surface area contributed by atoms with Crippen LogP contribution in [-0.2, 0) is 4.74 Å². The molecular formula is C15H22O3. The highest BCUT2D eigenvalue weighted by molar-refractivity contribution is 5.28. The maximum absolute atomic E-state index is 9.69. The molecule has 1 aromatic rings. The molecule has 0 spiro atoms. The molecule has 3 nitrogen and oxygen atoms in total. The van der Waals surface area contributed by atoms with Crippen molar-refractivity contribution in [3.8, 4) is 5.75 Å². The van der Waals surface area contributed by atoms with Gasteiger partial charge in [-0.05, 0) is 43.4 Å². The summed E-state index contributed by atoms with van der Waals surface area (Å²) >= 11 is 0. The second-order valence-electron chi connectivity index (χ2n) is 4.79. The van der Waals surface area contributed by atoms with E-state index < -0.39 is 0 Å². The fraction of sp³-hybridized carbons (Fsp3) is 0.600. The highest BCUT2D eigenvalue weighted by Gasteiger charge is 2.14. The molecule has 18 heavy (non-hydrogen) atoms. The third-order valence-corrected chi connectivity index (χ3v) is 3.36. The molecule has 100 valence electrons. The topological polar surface area (TPSA) is 38.7 Å². The molecule has 1 aromatic carbocycles. The van der Waals surface area contributed by atoms with Crippen molar-refractivity contribution in [1.29, 1.82) is 0 Å². The summed E-state index contributed by atoms with van der Waals surface area (Å²) in [6.07, 6.45) is 4.08. The Balaban J connectivity index is 1.82. The van der Waals surface area contributed by atoms with Gasteiger partial charge in [0.2, 0.25) is 0 Å². The van der Waals surface area contributed by atoms with Crippen molar-refractivity contribution < 1.29 is 14.6 Å². The standard InChI is InChI=1S/C15H22O3/c1-2-15(16)12-6-8-13(9-7-12)18-11-14-5-3-4-10-17-14/h6-9,14-16H,2-5,10-11H2,1H3/t14?,15-/m0/s1. The number of benzene rings is 1. The largest absolute Gasteiger partial charge is 0.491 e. The number of aliphatic hydroxyl groups excluding tert-OH is 1. The highest BCUT2D eigenvalue weighted by atomic mass is 16.5. The Morgan fingerprint density at radius 3 is 2.72 bits per heavy atom. The van der Waals surface area contributed by atoms with E-state index in [4.69, 9.17) is 9.47 Å². The first kappa shape index (κ1) is 13.4. The van der Waals surface area contributed by atoms with Crippen LogP contribution in [0.15, 0.2) is 24.3 Å². The van der Waals surface area contributed by atoms with Gasteiger partial charge in [-0.15, -0.1) is 0 Å². The lowest BCUT2D eigenvalue weighted by Gasteiger charge is -2.22. The van der Waals surface area contributed by atoms with Crippen LogP contribution in [0.2, 0.25) is 0 Å². The van der Waals surface area contributed by atoms with E-state index in [1.807, 2.05) is 31.2 Å². The van der Waals surface area contributed by atoms with E-state index in [0.29, 0.717) is 6.61 Å².